The lowest BCUT2D eigenvalue weighted by Gasteiger charge is -2.36. The molecule has 2 atom stereocenters. The quantitative estimate of drug-likeness (QED) is 0.182. The average molecular weight is 714 g/mol. The van der Waals surface area contributed by atoms with E-state index in [0.29, 0.717) is 11.8 Å². The number of likely N-dealkylation sites (N-methyl/N-ethyl adjacent to an activating group) is 1. The second-order valence-electron chi connectivity index (χ2n) is 14.0. The van der Waals surface area contributed by atoms with Gasteiger partial charge in [0.15, 0.2) is 0 Å². The molecule has 0 fully saturated rings. The van der Waals surface area contributed by atoms with E-state index in [2.05, 4.69) is 160 Å². The molecule has 0 spiro atoms. The first-order valence-electron chi connectivity index (χ1n) is 16.2. The van der Waals surface area contributed by atoms with Gasteiger partial charge in [-0.1, -0.05) is 148 Å². The van der Waals surface area contributed by atoms with Crippen LogP contribution in [0.15, 0.2) is 107 Å². The number of halogens is 2. The maximum atomic E-state index is 7.19. The molecule has 2 aliphatic carbocycles. The molecule has 3 aliphatic rings. The van der Waals surface area contributed by atoms with Gasteiger partial charge in [0, 0.05) is 33.3 Å². The van der Waals surface area contributed by atoms with Crippen molar-refractivity contribution in [1.29, 1.82) is 0 Å². The number of hydrogen-bond donors (Lipinski definition) is 0. The fourth-order valence-electron chi connectivity index (χ4n) is 7.86. The van der Waals surface area contributed by atoms with E-state index < -0.39 is 0 Å². The fourth-order valence-corrected chi connectivity index (χ4v) is 9.56. The Kier molecular flexibility index (Phi) is 8.80. The summed E-state index contributed by atoms with van der Waals surface area (Å²) in [5.41, 5.74) is 10.9. The van der Waals surface area contributed by atoms with Crippen molar-refractivity contribution in [2.45, 2.75) is 77.0 Å². The lowest BCUT2D eigenvalue weighted by Crippen LogP contribution is -2.30. The zero-order chi connectivity index (χ0) is 31.2. The number of benzene rings is 3. The molecule has 228 valence electrons. The molecule has 0 saturated heterocycles. The van der Waals surface area contributed by atoms with Crippen LogP contribution in [-0.4, -0.2) is 11.5 Å². The van der Waals surface area contributed by atoms with Gasteiger partial charge in [-0.2, -0.15) is 0 Å². The zero-order valence-corrected chi connectivity index (χ0v) is 30.0. The Morgan fingerprint density at radius 3 is 2.64 bits per heavy atom. The maximum Gasteiger partial charge on any atom is 0.0469 e. The highest BCUT2D eigenvalue weighted by molar-refractivity contribution is 14.1. The summed E-state index contributed by atoms with van der Waals surface area (Å²) in [4.78, 5) is 2.37. The van der Waals surface area contributed by atoms with Crippen LogP contribution in [0.4, 0.5) is 5.69 Å². The van der Waals surface area contributed by atoms with Crippen molar-refractivity contribution < 1.29 is 0 Å². The molecule has 1 heterocycles. The summed E-state index contributed by atoms with van der Waals surface area (Å²) in [6.45, 7) is 11.9. The Labute approximate surface area is 283 Å². The third-order valence-corrected chi connectivity index (χ3v) is 12.0. The molecule has 0 saturated carbocycles. The number of rotatable bonds is 6. The van der Waals surface area contributed by atoms with Gasteiger partial charge >= 0.3 is 0 Å². The summed E-state index contributed by atoms with van der Waals surface area (Å²) in [6.07, 6.45) is 18.3. The SMILES string of the molecule is CC1CC=Cc2cccc(C(C)(C)C(/C=C/C3=C(Cl)C(=C/C=C4/N(C)c5ccc6ccccc6c5C4(C)C)/CCC3)CI)c21. The summed E-state index contributed by atoms with van der Waals surface area (Å²) in [6, 6.07) is 20.2. The lowest BCUT2D eigenvalue weighted by atomic mass is 9.69. The Hall–Kier alpha value is -2.56. The first-order chi connectivity index (χ1) is 21.1. The van der Waals surface area contributed by atoms with Crippen LogP contribution in [0.3, 0.4) is 0 Å². The topological polar surface area (TPSA) is 3.24 Å². The minimum Gasteiger partial charge on any atom is -0.347 e. The third kappa shape index (κ3) is 5.45. The van der Waals surface area contributed by atoms with E-state index in [1.54, 1.807) is 0 Å². The highest BCUT2D eigenvalue weighted by atomic mass is 127. The molecule has 1 aliphatic heterocycles. The van der Waals surface area contributed by atoms with Crippen molar-refractivity contribution in [2.75, 3.05) is 16.4 Å². The summed E-state index contributed by atoms with van der Waals surface area (Å²) in [7, 11) is 2.20. The van der Waals surface area contributed by atoms with Gasteiger partial charge in [-0.25, -0.2) is 0 Å². The molecular formula is C41H45ClIN. The predicted octanol–water partition coefficient (Wildman–Crippen LogP) is 12.2. The molecule has 44 heavy (non-hydrogen) atoms. The Balaban J connectivity index is 1.30. The highest BCUT2D eigenvalue weighted by Gasteiger charge is 2.39. The Bertz CT molecular complexity index is 1750. The monoisotopic (exact) mass is 713 g/mol. The van der Waals surface area contributed by atoms with Crippen molar-refractivity contribution in [3.63, 3.8) is 0 Å². The van der Waals surface area contributed by atoms with E-state index in [0.717, 1.165) is 35.1 Å². The van der Waals surface area contributed by atoms with Crippen LogP contribution in [0.5, 0.6) is 0 Å². The molecular weight excluding hydrogens is 669 g/mol. The van der Waals surface area contributed by atoms with Crippen LogP contribution in [0, 0.1) is 5.92 Å². The van der Waals surface area contributed by atoms with Crippen LogP contribution in [0.2, 0.25) is 0 Å². The van der Waals surface area contributed by atoms with E-state index in [9.17, 15) is 0 Å². The molecule has 0 aromatic heterocycles. The molecule has 0 N–H and O–H groups in total. The van der Waals surface area contributed by atoms with Crippen molar-refractivity contribution in [1.82, 2.24) is 0 Å². The number of fused-ring (bicyclic) bond motifs is 4. The van der Waals surface area contributed by atoms with Crippen LogP contribution in [0.1, 0.15) is 88.5 Å². The number of nitrogens with zero attached hydrogens (tertiary/aromatic N) is 1. The van der Waals surface area contributed by atoms with Crippen molar-refractivity contribution in [2.24, 2.45) is 5.92 Å². The Morgan fingerprint density at radius 2 is 1.84 bits per heavy atom. The van der Waals surface area contributed by atoms with Crippen molar-refractivity contribution in [3.05, 3.63) is 129 Å². The summed E-state index contributed by atoms with van der Waals surface area (Å²) < 4.78 is 1.06. The van der Waals surface area contributed by atoms with E-state index in [1.165, 1.54) is 55.6 Å². The molecule has 3 heteroatoms. The second-order valence-corrected chi connectivity index (χ2v) is 15.2. The lowest BCUT2D eigenvalue weighted by molar-refractivity contribution is 0.413. The van der Waals surface area contributed by atoms with Crippen LogP contribution < -0.4 is 4.90 Å². The number of anilines is 1. The first kappa shape index (κ1) is 31.4. The van der Waals surface area contributed by atoms with Gasteiger partial charge in [-0.15, -0.1) is 0 Å². The van der Waals surface area contributed by atoms with Crippen LogP contribution in [-0.2, 0) is 10.8 Å². The maximum absolute atomic E-state index is 7.19. The normalized spacial score (nSPS) is 22.4. The van der Waals surface area contributed by atoms with Gasteiger partial charge in [-0.05, 0) is 99.2 Å². The van der Waals surface area contributed by atoms with Gasteiger partial charge in [0.2, 0.25) is 0 Å². The minimum atomic E-state index is -0.0986. The van der Waals surface area contributed by atoms with E-state index in [-0.39, 0.29) is 10.8 Å². The number of hydrogen-bond acceptors (Lipinski definition) is 1. The molecule has 0 amide bonds. The molecule has 1 nitrogen and oxygen atoms in total. The standard InChI is InChI=1S/C41H45ClIN/c1-27-12-9-14-29-15-11-19-34(37(27)29)40(2,3)32(26-43)23-20-30-16-10-17-31(39(30)42)22-25-36-41(4,5)38-33-18-8-7-13-28(33)21-24-35(38)44(36)6/h7-9,11,13-15,18-25,27,32H,10,12,16-17,26H2,1-6H3/b23-20+,31-22+,36-25+. The van der Waals surface area contributed by atoms with Crippen LogP contribution >= 0.6 is 34.2 Å². The van der Waals surface area contributed by atoms with Gasteiger partial charge < -0.3 is 4.90 Å². The van der Waals surface area contributed by atoms with Gasteiger partial charge in [-0.3, -0.25) is 0 Å². The molecule has 3 aromatic rings. The smallest absolute Gasteiger partial charge is 0.0469 e. The van der Waals surface area contributed by atoms with E-state index >= 15 is 0 Å². The van der Waals surface area contributed by atoms with Crippen molar-refractivity contribution >= 4 is 56.7 Å². The van der Waals surface area contributed by atoms with Crippen LogP contribution in [0.25, 0.3) is 16.8 Å². The molecule has 3 aromatic carbocycles. The summed E-state index contributed by atoms with van der Waals surface area (Å²) >= 11 is 9.76. The largest absolute Gasteiger partial charge is 0.347 e. The third-order valence-electron chi connectivity index (χ3n) is 10.5. The van der Waals surface area contributed by atoms with E-state index in [4.69, 9.17) is 11.6 Å². The molecule has 0 radical (unpaired) electrons. The Morgan fingerprint density at radius 1 is 1.05 bits per heavy atom. The molecule has 2 unspecified atom stereocenters. The van der Waals surface area contributed by atoms with Gasteiger partial charge in [0.25, 0.3) is 0 Å². The first-order valence-corrected chi connectivity index (χ1v) is 18.1. The van der Waals surface area contributed by atoms with E-state index in [1.807, 2.05) is 0 Å². The predicted molar refractivity (Wildman–Crippen MR) is 201 cm³/mol. The fraction of sp³-hybridized carbons (Fsp3) is 0.366. The number of allylic oxidation sites excluding steroid dienone is 9. The minimum absolute atomic E-state index is 0.0189. The van der Waals surface area contributed by atoms with Gasteiger partial charge in [0.1, 0.15) is 0 Å². The molecule has 0 bridgehead atoms. The number of alkyl halides is 1. The molecule has 6 rings (SSSR count). The van der Waals surface area contributed by atoms with Crippen molar-refractivity contribution in [3.8, 4) is 0 Å². The average Bonchev–Trinajstić information content (AvgIpc) is 3.21. The zero-order valence-electron chi connectivity index (χ0n) is 27.1. The summed E-state index contributed by atoms with van der Waals surface area (Å²) in [5.74, 6) is 0.958. The second kappa shape index (κ2) is 12.3. The van der Waals surface area contributed by atoms with Gasteiger partial charge in [0.05, 0.1) is 0 Å². The highest BCUT2D eigenvalue weighted by Crippen LogP contribution is 2.50. The summed E-state index contributed by atoms with van der Waals surface area (Å²) in [5, 5.41) is 3.58.